The predicted octanol–water partition coefficient (Wildman–Crippen LogP) is 4.21. The predicted molar refractivity (Wildman–Crippen MR) is 119 cm³/mol. The molecule has 3 aromatic rings. The second-order valence-corrected chi connectivity index (χ2v) is 8.61. The van der Waals surface area contributed by atoms with E-state index in [0.29, 0.717) is 28.8 Å². The summed E-state index contributed by atoms with van der Waals surface area (Å²) in [4.78, 5) is 31.7. The molecule has 2 atom stereocenters. The van der Waals surface area contributed by atoms with Gasteiger partial charge in [0.1, 0.15) is 17.3 Å². The van der Waals surface area contributed by atoms with Gasteiger partial charge in [-0.2, -0.15) is 0 Å². The van der Waals surface area contributed by atoms with Crippen LogP contribution in [0.5, 0.6) is 0 Å². The number of carbonyl (C=O) groups excluding carboxylic acids is 2. The lowest BCUT2D eigenvalue weighted by molar-refractivity contribution is -0.129. The first-order valence-electron chi connectivity index (χ1n) is 10.8. The molecule has 3 heterocycles. The number of aryl methyl sites for hydroxylation is 1. The first-order chi connectivity index (χ1) is 15.3. The molecule has 5 rings (SSSR count). The van der Waals surface area contributed by atoms with E-state index >= 15 is 0 Å². The van der Waals surface area contributed by atoms with Gasteiger partial charge in [-0.05, 0) is 55.7 Å². The summed E-state index contributed by atoms with van der Waals surface area (Å²) in [7, 11) is 0. The monoisotopic (exact) mass is 438 g/mol. The van der Waals surface area contributed by atoms with Crippen molar-refractivity contribution in [3.63, 3.8) is 0 Å². The van der Waals surface area contributed by atoms with Crippen molar-refractivity contribution in [3.05, 3.63) is 59.3 Å². The fourth-order valence-corrected chi connectivity index (χ4v) is 5.16. The summed E-state index contributed by atoms with van der Waals surface area (Å²) >= 11 is 0. The molecule has 2 aliphatic heterocycles. The maximum absolute atomic E-state index is 14.5. The van der Waals surface area contributed by atoms with Crippen LogP contribution in [-0.2, 0) is 4.79 Å². The molecule has 0 bridgehead atoms. The summed E-state index contributed by atoms with van der Waals surface area (Å²) in [6, 6.07) is 9.22. The Kier molecular flexibility index (Phi) is 4.87. The molecule has 0 aliphatic carbocycles. The first-order valence-corrected chi connectivity index (χ1v) is 10.8. The number of amides is 2. The molecule has 2 amide bonds. The van der Waals surface area contributed by atoms with Gasteiger partial charge < -0.3 is 20.1 Å². The molecule has 166 valence electrons. The number of likely N-dealkylation sites (tertiary alicyclic amines) is 1. The first kappa shape index (κ1) is 20.5. The smallest absolute Gasteiger partial charge is 0.272 e. The van der Waals surface area contributed by atoms with Crippen LogP contribution in [0.2, 0.25) is 0 Å². The highest BCUT2D eigenvalue weighted by molar-refractivity contribution is 6.06. The van der Waals surface area contributed by atoms with E-state index in [1.165, 1.54) is 24.3 Å². The van der Waals surface area contributed by atoms with Crippen LogP contribution >= 0.6 is 0 Å². The van der Waals surface area contributed by atoms with Crippen molar-refractivity contribution in [3.8, 4) is 0 Å². The van der Waals surface area contributed by atoms with Crippen LogP contribution in [0.25, 0.3) is 10.9 Å². The number of aromatic amines is 1. The third-order valence-electron chi connectivity index (χ3n) is 6.65. The average molecular weight is 438 g/mol. The fraction of sp³-hybridized carbons (Fsp3) is 0.333. The highest BCUT2D eigenvalue weighted by atomic mass is 19.1. The van der Waals surface area contributed by atoms with Gasteiger partial charge in [-0.3, -0.25) is 9.59 Å². The second kappa shape index (κ2) is 7.62. The van der Waals surface area contributed by atoms with Gasteiger partial charge in [-0.15, -0.1) is 0 Å². The highest BCUT2D eigenvalue weighted by Crippen LogP contribution is 2.36. The summed E-state index contributed by atoms with van der Waals surface area (Å²) in [6.07, 6.45) is 1.67. The molecular formula is C24H24F2N4O2. The van der Waals surface area contributed by atoms with Crippen LogP contribution in [0, 0.1) is 18.6 Å². The number of aromatic nitrogens is 1. The fourth-order valence-electron chi connectivity index (χ4n) is 5.16. The molecule has 2 saturated heterocycles. The van der Waals surface area contributed by atoms with Crippen LogP contribution in [0.15, 0.2) is 36.4 Å². The van der Waals surface area contributed by atoms with Crippen LogP contribution in [0.1, 0.15) is 35.8 Å². The van der Waals surface area contributed by atoms with E-state index < -0.39 is 17.5 Å². The van der Waals surface area contributed by atoms with E-state index in [-0.39, 0.29) is 23.7 Å². The third kappa shape index (κ3) is 3.39. The van der Waals surface area contributed by atoms with Crippen molar-refractivity contribution in [1.82, 2.24) is 9.88 Å². The molecule has 2 aliphatic rings. The number of fused-ring (bicyclic) bond motifs is 2. The van der Waals surface area contributed by atoms with Gasteiger partial charge in [0.15, 0.2) is 0 Å². The van der Waals surface area contributed by atoms with Crippen LogP contribution in [0.4, 0.5) is 20.2 Å². The van der Waals surface area contributed by atoms with E-state index in [1.807, 2.05) is 11.8 Å². The third-order valence-corrected chi connectivity index (χ3v) is 6.65. The minimum atomic E-state index is -0.473. The maximum atomic E-state index is 14.5. The van der Waals surface area contributed by atoms with Crippen molar-refractivity contribution < 1.29 is 18.4 Å². The topological polar surface area (TPSA) is 68.4 Å². The zero-order valence-corrected chi connectivity index (χ0v) is 17.9. The van der Waals surface area contributed by atoms with Crippen molar-refractivity contribution in [2.75, 3.05) is 23.3 Å². The molecule has 0 radical (unpaired) electrons. The highest BCUT2D eigenvalue weighted by Gasteiger charge is 2.43. The van der Waals surface area contributed by atoms with Crippen LogP contribution in [-0.4, -0.2) is 46.9 Å². The molecule has 2 unspecified atom stereocenters. The minimum Gasteiger partial charge on any atom is -0.366 e. The number of anilines is 2. The Balaban J connectivity index is 1.39. The number of rotatable bonds is 3. The Hall–Kier alpha value is -3.42. The summed E-state index contributed by atoms with van der Waals surface area (Å²) in [5.41, 5.74) is 2.60. The van der Waals surface area contributed by atoms with Gasteiger partial charge in [-0.1, -0.05) is 6.07 Å². The summed E-state index contributed by atoms with van der Waals surface area (Å²) in [5, 5.41) is 3.07. The number of hydrogen-bond acceptors (Lipinski definition) is 3. The number of H-pyrrole nitrogens is 1. The van der Waals surface area contributed by atoms with Crippen molar-refractivity contribution in [2.24, 2.45) is 0 Å². The molecular weight excluding hydrogens is 414 g/mol. The largest absolute Gasteiger partial charge is 0.366 e. The number of nitrogens with one attached hydrogen (secondary N) is 2. The van der Waals surface area contributed by atoms with Crippen molar-refractivity contribution in [1.29, 1.82) is 0 Å². The Morgan fingerprint density at radius 1 is 1.06 bits per heavy atom. The van der Waals surface area contributed by atoms with Gasteiger partial charge in [0.05, 0.1) is 17.6 Å². The van der Waals surface area contributed by atoms with Gasteiger partial charge in [-0.25, -0.2) is 8.78 Å². The molecule has 2 N–H and O–H groups in total. The Morgan fingerprint density at radius 3 is 2.59 bits per heavy atom. The molecule has 0 spiro atoms. The van der Waals surface area contributed by atoms with Crippen molar-refractivity contribution >= 4 is 34.1 Å². The molecule has 6 nitrogen and oxygen atoms in total. The van der Waals surface area contributed by atoms with E-state index in [2.05, 4.69) is 15.2 Å². The zero-order valence-electron chi connectivity index (χ0n) is 17.9. The number of carbonyl (C=O) groups is 2. The second-order valence-electron chi connectivity index (χ2n) is 8.61. The molecule has 0 saturated carbocycles. The van der Waals surface area contributed by atoms with Gasteiger partial charge >= 0.3 is 0 Å². The zero-order chi connectivity index (χ0) is 22.6. The number of hydrogen-bond donors (Lipinski definition) is 2. The lowest BCUT2D eigenvalue weighted by atomic mass is 10.1. The van der Waals surface area contributed by atoms with Gasteiger partial charge in [0, 0.05) is 36.8 Å². The normalized spacial score (nSPS) is 20.1. The Morgan fingerprint density at radius 2 is 1.84 bits per heavy atom. The van der Waals surface area contributed by atoms with Crippen molar-refractivity contribution in [2.45, 2.75) is 38.8 Å². The standard InChI is InChI=1S/C24H24F2N4O2/c1-13-3-4-19(26)18-12-20(28-23(13)18)24(32)27-16-9-15(25)10-17(11-16)30-8-6-21-22(30)5-7-29(21)14(2)31/h3-4,9-12,21-22,28H,5-8H2,1-2H3,(H,27,32). The van der Waals surface area contributed by atoms with E-state index in [4.69, 9.17) is 0 Å². The number of benzene rings is 2. The lowest BCUT2D eigenvalue weighted by Gasteiger charge is -2.27. The maximum Gasteiger partial charge on any atom is 0.272 e. The SMILES string of the molecule is CC(=O)N1CCC2C1CCN2c1cc(F)cc(NC(=O)c2cc3c(F)ccc(C)c3[nH]2)c1. The molecule has 1 aromatic heterocycles. The summed E-state index contributed by atoms with van der Waals surface area (Å²) in [5.74, 6) is -1.27. The van der Waals surface area contributed by atoms with Crippen LogP contribution in [0.3, 0.4) is 0 Å². The molecule has 32 heavy (non-hydrogen) atoms. The summed E-state index contributed by atoms with van der Waals surface area (Å²) in [6.45, 7) is 4.84. The van der Waals surface area contributed by atoms with E-state index in [1.54, 1.807) is 19.1 Å². The minimum absolute atomic E-state index is 0.0663. The van der Waals surface area contributed by atoms with Gasteiger partial charge in [0.2, 0.25) is 5.91 Å². The molecule has 8 heteroatoms. The van der Waals surface area contributed by atoms with Gasteiger partial charge in [0.25, 0.3) is 5.91 Å². The Labute approximate surface area is 184 Å². The lowest BCUT2D eigenvalue weighted by Crippen LogP contribution is -2.38. The quantitative estimate of drug-likeness (QED) is 0.644. The Bertz CT molecular complexity index is 1200. The molecule has 2 fully saturated rings. The van der Waals surface area contributed by atoms with E-state index in [0.717, 1.165) is 24.9 Å². The average Bonchev–Trinajstić information content (AvgIpc) is 3.44. The number of nitrogens with zero attached hydrogens (tertiary/aromatic N) is 2. The molecule has 2 aromatic carbocycles. The van der Waals surface area contributed by atoms with Crippen LogP contribution < -0.4 is 10.2 Å². The van der Waals surface area contributed by atoms with E-state index in [9.17, 15) is 18.4 Å². The summed E-state index contributed by atoms with van der Waals surface area (Å²) < 4.78 is 28.6. The number of halogens is 2.